The standard InChI is InChI=1S/C22H29ClN4O5/c1-31-19-3-2-17(23)13-18(19)27-14-16(12-20(27)28)22(30)26-6-4-24(5-7-26)15-21(29)25-8-10-32-11-9-25/h2-3,13,16H,4-12,14-15H2,1H3/t16-/m0/s1. The predicted molar refractivity (Wildman–Crippen MR) is 119 cm³/mol. The summed E-state index contributed by atoms with van der Waals surface area (Å²) in [5.41, 5.74) is 0.590. The van der Waals surface area contributed by atoms with E-state index in [1.165, 1.54) is 0 Å². The van der Waals surface area contributed by atoms with Crippen molar-refractivity contribution in [3.63, 3.8) is 0 Å². The van der Waals surface area contributed by atoms with Gasteiger partial charge in [0.15, 0.2) is 0 Å². The quantitative estimate of drug-likeness (QED) is 0.638. The number of methoxy groups -OCH3 is 1. The largest absolute Gasteiger partial charge is 0.495 e. The smallest absolute Gasteiger partial charge is 0.236 e. The molecule has 3 heterocycles. The van der Waals surface area contributed by atoms with Crippen LogP contribution in [-0.2, 0) is 19.1 Å². The number of benzene rings is 1. The Morgan fingerprint density at radius 1 is 1.09 bits per heavy atom. The molecule has 0 spiro atoms. The highest BCUT2D eigenvalue weighted by Gasteiger charge is 2.39. The molecule has 0 N–H and O–H groups in total. The second-order valence-corrected chi connectivity index (χ2v) is 8.75. The summed E-state index contributed by atoms with van der Waals surface area (Å²) in [6.07, 6.45) is 0.171. The number of carbonyl (C=O) groups is 3. The number of hydrogen-bond acceptors (Lipinski definition) is 6. The number of anilines is 1. The van der Waals surface area contributed by atoms with Crippen molar-refractivity contribution in [3.8, 4) is 5.75 Å². The Hall–Kier alpha value is -2.36. The minimum atomic E-state index is -0.396. The molecule has 0 radical (unpaired) electrons. The van der Waals surface area contributed by atoms with Crippen molar-refractivity contribution in [3.05, 3.63) is 23.2 Å². The Kier molecular flexibility index (Phi) is 7.17. The predicted octanol–water partition coefficient (Wildman–Crippen LogP) is 0.705. The van der Waals surface area contributed by atoms with E-state index in [1.54, 1.807) is 30.2 Å². The van der Waals surface area contributed by atoms with E-state index in [4.69, 9.17) is 21.1 Å². The maximum absolute atomic E-state index is 13.1. The topological polar surface area (TPSA) is 82.6 Å². The fourth-order valence-electron chi connectivity index (χ4n) is 4.47. The molecule has 174 valence electrons. The molecule has 1 aromatic carbocycles. The molecule has 10 heteroatoms. The molecule has 3 aliphatic heterocycles. The average Bonchev–Trinajstić information content (AvgIpc) is 3.21. The number of rotatable bonds is 5. The van der Waals surface area contributed by atoms with Gasteiger partial charge in [0.2, 0.25) is 17.7 Å². The van der Waals surface area contributed by atoms with Crippen LogP contribution in [0.15, 0.2) is 18.2 Å². The van der Waals surface area contributed by atoms with Gasteiger partial charge in [0.1, 0.15) is 5.75 Å². The van der Waals surface area contributed by atoms with Crippen LogP contribution in [0.4, 0.5) is 5.69 Å². The Bertz CT molecular complexity index is 868. The zero-order valence-electron chi connectivity index (χ0n) is 18.3. The Morgan fingerprint density at radius 3 is 2.50 bits per heavy atom. The number of carbonyl (C=O) groups excluding carboxylic acids is 3. The van der Waals surface area contributed by atoms with Crippen LogP contribution in [0.2, 0.25) is 5.02 Å². The van der Waals surface area contributed by atoms with Crippen molar-refractivity contribution in [2.75, 3.05) is 77.6 Å². The van der Waals surface area contributed by atoms with Crippen LogP contribution in [0.5, 0.6) is 5.75 Å². The highest BCUT2D eigenvalue weighted by molar-refractivity contribution is 6.31. The molecule has 3 fully saturated rings. The lowest BCUT2D eigenvalue weighted by molar-refractivity contribution is -0.139. The molecule has 0 aliphatic carbocycles. The molecule has 0 saturated carbocycles. The van der Waals surface area contributed by atoms with E-state index in [-0.39, 0.29) is 24.1 Å². The van der Waals surface area contributed by atoms with Crippen LogP contribution >= 0.6 is 11.6 Å². The molecule has 4 rings (SSSR count). The molecule has 3 aliphatic rings. The molecule has 9 nitrogen and oxygen atoms in total. The lowest BCUT2D eigenvalue weighted by atomic mass is 10.1. The molecular weight excluding hydrogens is 436 g/mol. The minimum Gasteiger partial charge on any atom is -0.495 e. The van der Waals surface area contributed by atoms with Gasteiger partial charge in [-0.25, -0.2) is 0 Å². The van der Waals surface area contributed by atoms with Gasteiger partial charge in [-0.3, -0.25) is 19.3 Å². The van der Waals surface area contributed by atoms with Gasteiger partial charge in [-0.05, 0) is 18.2 Å². The first-order valence-electron chi connectivity index (χ1n) is 11.0. The third-order valence-electron chi connectivity index (χ3n) is 6.31. The molecule has 1 aromatic rings. The van der Waals surface area contributed by atoms with E-state index in [0.29, 0.717) is 82.0 Å². The monoisotopic (exact) mass is 464 g/mol. The Morgan fingerprint density at radius 2 is 1.81 bits per heavy atom. The van der Waals surface area contributed by atoms with E-state index in [9.17, 15) is 14.4 Å². The lowest BCUT2D eigenvalue weighted by Crippen LogP contribution is -2.53. The summed E-state index contributed by atoms with van der Waals surface area (Å²) in [4.78, 5) is 45.6. The number of halogens is 1. The molecule has 3 saturated heterocycles. The summed E-state index contributed by atoms with van der Waals surface area (Å²) in [6, 6.07) is 5.11. The lowest BCUT2D eigenvalue weighted by Gasteiger charge is -2.36. The van der Waals surface area contributed by atoms with Crippen molar-refractivity contribution in [1.29, 1.82) is 0 Å². The van der Waals surface area contributed by atoms with Crippen LogP contribution in [0.25, 0.3) is 0 Å². The maximum atomic E-state index is 13.1. The van der Waals surface area contributed by atoms with Crippen molar-refractivity contribution in [2.24, 2.45) is 5.92 Å². The first kappa shape index (κ1) is 22.8. The van der Waals surface area contributed by atoms with Gasteiger partial charge in [0, 0.05) is 57.3 Å². The first-order chi connectivity index (χ1) is 15.5. The van der Waals surface area contributed by atoms with Gasteiger partial charge in [0.25, 0.3) is 0 Å². The Labute approximate surface area is 192 Å². The molecular formula is C22H29ClN4O5. The third-order valence-corrected chi connectivity index (χ3v) is 6.55. The number of morpholine rings is 1. The second kappa shape index (κ2) is 10.1. The average molecular weight is 465 g/mol. The second-order valence-electron chi connectivity index (χ2n) is 8.32. The van der Waals surface area contributed by atoms with Gasteiger partial charge in [-0.1, -0.05) is 11.6 Å². The fraction of sp³-hybridized carbons (Fsp3) is 0.591. The van der Waals surface area contributed by atoms with Crippen LogP contribution in [0.3, 0.4) is 0 Å². The van der Waals surface area contributed by atoms with Crippen LogP contribution in [0.1, 0.15) is 6.42 Å². The van der Waals surface area contributed by atoms with E-state index < -0.39 is 5.92 Å². The van der Waals surface area contributed by atoms with Gasteiger partial charge in [-0.2, -0.15) is 0 Å². The Balaban J connectivity index is 1.30. The van der Waals surface area contributed by atoms with Crippen molar-refractivity contribution < 1.29 is 23.9 Å². The molecule has 0 bridgehead atoms. The molecule has 0 unspecified atom stereocenters. The third kappa shape index (κ3) is 5.00. The van der Waals surface area contributed by atoms with Gasteiger partial charge in [0.05, 0.1) is 38.5 Å². The van der Waals surface area contributed by atoms with Crippen LogP contribution in [-0.4, -0.2) is 105 Å². The zero-order valence-corrected chi connectivity index (χ0v) is 19.1. The van der Waals surface area contributed by atoms with Crippen molar-refractivity contribution >= 4 is 35.0 Å². The number of piperazine rings is 1. The number of hydrogen-bond donors (Lipinski definition) is 0. The minimum absolute atomic E-state index is 0.0130. The van der Waals surface area contributed by atoms with Crippen molar-refractivity contribution in [1.82, 2.24) is 14.7 Å². The van der Waals surface area contributed by atoms with Gasteiger partial charge >= 0.3 is 0 Å². The van der Waals surface area contributed by atoms with Crippen LogP contribution < -0.4 is 9.64 Å². The normalized spacial score (nSPS) is 22.4. The highest BCUT2D eigenvalue weighted by Crippen LogP contribution is 2.35. The SMILES string of the molecule is COc1ccc(Cl)cc1N1C[C@@H](C(=O)N2CCN(CC(=O)N3CCOCC3)CC2)CC1=O. The van der Waals surface area contributed by atoms with E-state index in [2.05, 4.69) is 4.90 Å². The van der Waals surface area contributed by atoms with E-state index in [0.717, 1.165) is 0 Å². The summed E-state index contributed by atoms with van der Waals surface area (Å²) in [7, 11) is 1.54. The summed E-state index contributed by atoms with van der Waals surface area (Å²) in [5.74, 6) is 0.141. The first-order valence-corrected chi connectivity index (χ1v) is 11.3. The van der Waals surface area contributed by atoms with Gasteiger partial charge in [-0.15, -0.1) is 0 Å². The summed E-state index contributed by atoms with van der Waals surface area (Å²) >= 11 is 6.11. The maximum Gasteiger partial charge on any atom is 0.236 e. The van der Waals surface area contributed by atoms with E-state index in [1.807, 2.05) is 9.80 Å². The van der Waals surface area contributed by atoms with Crippen LogP contribution in [0, 0.1) is 5.92 Å². The van der Waals surface area contributed by atoms with Gasteiger partial charge < -0.3 is 24.2 Å². The fourth-order valence-corrected chi connectivity index (χ4v) is 4.63. The number of nitrogens with zero attached hydrogens (tertiary/aromatic N) is 4. The van der Waals surface area contributed by atoms with E-state index >= 15 is 0 Å². The molecule has 0 aromatic heterocycles. The molecule has 1 atom stereocenters. The summed E-state index contributed by atoms with van der Waals surface area (Å²) in [6.45, 7) is 5.54. The molecule has 32 heavy (non-hydrogen) atoms. The number of ether oxygens (including phenoxy) is 2. The summed E-state index contributed by atoms with van der Waals surface area (Å²) in [5, 5.41) is 0.506. The number of amides is 3. The molecule has 3 amide bonds. The van der Waals surface area contributed by atoms with Crippen molar-refractivity contribution in [2.45, 2.75) is 6.42 Å². The highest BCUT2D eigenvalue weighted by atomic mass is 35.5. The summed E-state index contributed by atoms with van der Waals surface area (Å²) < 4.78 is 10.7. The zero-order chi connectivity index (χ0) is 22.7.